The number of carbonyl (C=O) groups excluding carboxylic acids is 4. The van der Waals surface area contributed by atoms with Crippen LogP contribution in [0.25, 0.3) is 0 Å². The Morgan fingerprint density at radius 2 is 0.911 bits per heavy atom. The van der Waals surface area contributed by atoms with E-state index in [9.17, 15) is 19.2 Å². The van der Waals surface area contributed by atoms with E-state index in [-0.39, 0.29) is 36.3 Å². The largest absolute Gasteiger partial charge is 1.00 e. The highest BCUT2D eigenvalue weighted by molar-refractivity contribution is 6.17. The van der Waals surface area contributed by atoms with Crippen LogP contribution in [-0.2, 0) is 63.4 Å². The van der Waals surface area contributed by atoms with Crippen molar-refractivity contribution in [3.63, 3.8) is 0 Å². The van der Waals surface area contributed by atoms with Crippen LogP contribution in [0.2, 0.25) is 0 Å². The molecule has 0 aliphatic heterocycles. The molecule has 0 radical (unpaired) electrons. The summed E-state index contributed by atoms with van der Waals surface area (Å²) in [6.45, 7) is 7.24. The molecule has 0 aliphatic rings. The summed E-state index contributed by atoms with van der Waals surface area (Å²) in [5.74, 6) is 0.112. The standard InChI is InChI=1S/C22H35NO4.C13H17ClO2.C9H19NO2.ClH/c1-3-27-22(25)12-9-10-19-13-15-20(16-14-19)18-23-17-8-6-4-5-7-11-21(24)26-2;1-2-16-13(15)5-3-4-11-6-8-12(10-14)9-7-11;1-12-9(11)7-5-3-2-4-6-8-10;/h13-16,23H,3-12,17-18H2,1-2H3;6-9H,2-5,10H2,1H3;2-8,10H2,1H3;1H/p-1. The third kappa shape index (κ3) is 34.1. The van der Waals surface area contributed by atoms with Crippen LogP contribution in [0.5, 0.6) is 0 Å². The molecule has 0 saturated carbocycles. The second-order valence-electron chi connectivity index (χ2n) is 13.2. The van der Waals surface area contributed by atoms with Crippen LogP contribution in [0.3, 0.4) is 0 Å². The minimum Gasteiger partial charge on any atom is -1.00 e. The van der Waals surface area contributed by atoms with E-state index in [4.69, 9.17) is 26.8 Å². The zero-order valence-electron chi connectivity index (χ0n) is 34.7. The second kappa shape index (κ2) is 40.0. The van der Waals surface area contributed by atoms with E-state index >= 15 is 0 Å². The maximum atomic E-state index is 11.3. The number of nitrogens with two attached hydrogens (primary N) is 1. The van der Waals surface area contributed by atoms with E-state index in [1.165, 1.54) is 56.6 Å². The summed E-state index contributed by atoms with van der Waals surface area (Å²) in [5, 5.41) is 3.48. The minimum atomic E-state index is -0.111. The number of nitrogens with one attached hydrogen (secondary N) is 1. The lowest BCUT2D eigenvalue weighted by Crippen LogP contribution is -3.00. The van der Waals surface area contributed by atoms with Crippen molar-refractivity contribution in [1.82, 2.24) is 5.32 Å². The molecule has 0 atom stereocenters. The normalized spacial score (nSPS) is 10.1. The van der Waals surface area contributed by atoms with Gasteiger partial charge < -0.3 is 42.4 Å². The Kier molecular flexibility index (Phi) is 39.3. The van der Waals surface area contributed by atoms with Crippen molar-refractivity contribution in [3.05, 3.63) is 70.8 Å². The fourth-order valence-corrected chi connectivity index (χ4v) is 5.57. The average Bonchev–Trinajstić information content (AvgIpc) is 3.20. The molecule has 0 spiro atoms. The molecule has 10 nitrogen and oxygen atoms in total. The summed E-state index contributed by atoms with van der Waals surface area (Å²) in [6.07, 6.45) is 16.6. The number of aryl methyl sites for hydroxylation is 2. The Morgan fingerprint density at radius 1 is 0.536 bits per heavy atom. The van der Waals surface area contributed by atoms with Crippen molar-refractivity contribution >= 4 is 35.5 Å². The van der Waals surface area contributed by atoms with Gasteiger partial charge in [-0.15, -0.1) is 11.6 Å². The van der Waals surface area contributed by atoms with Gasteiger partial charge in [0.25, 0.3) is 0 Å². The molecule has 0 bridgehead atoms. The van der Waals surface area contributed by atoms with E-state index in [1.807, 2.05) is 26.0 Å². The quantitative estimate of drug-likeness (QED) is 0.0458. The number of hydrogen-bond acceptors (Lipinski definition) is 10. The van der Waals surface area contributed by atoms with Crippen molar-refractivity contribution < 1.29 is 50.5 Å². The van der Waals surface area contributed by atoms with Crippen molar-refractivity contribution in [3.8, 4) is 0 Å². The molecule has 0 saturated heterocycles. The summed E-state index contributed by atoms with van der Waals surface area (Å²) in [5.41, 5.74) is 10.2. The van der Waals surface area contributed by atoms with Gasteiger partial charge in [0.05, 0.1) is 27.4 Å². The molecule has 56 heavy (non-hydrogen) atoms. The molecule has 320 valence electrons. The third-order valence-electron chi connectivity index (χ3n) is 8.61. The van der Waals surface area contributed by atoms with Crippen molar-refractivity contribution in [2.45, 2.75) is 142 Å². The summed E-state index contributed by atoms with van der Waals surface area (Å²) in [4.78, 5) is 44.1. The van der Waals surface area contributed by atoms with Crippen molar-refractivity contribution in [2.24, 2.45) is 5.73 Å². The van der Waals surface area contributed by atoms with E-state index in [1.54, 1.807) is 0 Å². The topological polar surface area (TPSA) is 143 Å². The van der Waals surface area contributed by atoms with Crippen LogP contribution < -0.4 is 23.5 Å². The highest BCUT2D eigenvalue weighted by Crippen LogP contribution is 2.11. The molecule has 2 rings (SSSR count). The Balaban J connectivity index is 0. The molecule has 12 heteroatoms. The Labute approximate surface area is 349 Å². The molecule has 0 heterocycles. The lowest BCUT2D eigenvalue weighted by molar-refractivity contribution is -0.144. The molecule has 3 N–H and O–H groups in total. The van der Waals surface area contributed by atoms with Gasteiger partial charge >= 0.3 is 23.9 Å². The van der Waals surface area contributed by atoms with Crippen LogP contribution >= 0.6 is 11.6 Å². The first-order valence-corrected chi connectivity index (χ1v) is 20.8. The Morgan fingerprint density at radius 3 is 1.32 bits per heavy atom. The molecule has 2 aromatic rings. The number of alkyl halides is 1. The number of halogens is 2. The van der Waals surface area contributed by atoms with Gasteiger partial charge in [0.15, 0.2) is 0 Å². The van der Waals surface area contributed by atoms with Crippen molar-refractivity contribution in [2.75, 3.05) is 40.5 Å². The van der Waals surface area contributed by atoms with E-state index in [0.29, 0.717) is 44.8 Å². The van der Waals surface area contributed by atoms with Gasteiger partial charge in [0.1, 0.15) is 0 Å². The van der Waals surface area contributed by atoms with Gasteiger partial charge in [-0.1, -0.05) is 87.1 Å². The van der Waals surface area contributed by atoms with Crippen LogP contribution in [0.1, 0.15) is 139 Å². The first-order valence-electron chi connectivity index (χ1n) is 20.3. The highest BCUT2D eigenvalue weighted by Gasteiger charge is 2.04. The van der Waals surface area contributed by atoms with Crippen LogP contribution in [0.15, 0.2) is 48.5 Å². The van der Waals surface area contributed by atoms with Gasteiger partial charge in [-0.3, -0.25) is 19.2 Å². The maximum Gasteiger partial charge on any atom is 0.305 e. The molecule has 2 aromatic carbocycles. The monoisotopic (exact) mass is 825 g/mol. The van der Waals surface area contributed by atoms with Gasteiger partial charge in [-0.25, -0.2) is 0 Å². The number of ether oxygens (including phenoxy) is 4. The Bertz CT molecular complexity index is 1250. The smallest absolute Gasteiger partial charge is 0.305 e. The van der Waals surface area contributed by atoms with Crippen molar-refractivity contribution in [1.29, 1.82) is 0 Å². The summed E-state index contributed by atoms with van der Waals surface area (Å²) in [6, 6.07) is 16.7. The van der Waals surface area contributed by atoms with E-state index < -0.39 is 0 Å². The zero-order chi connectivity index (χ0) is 40.8. The summed E-state index contributed by atoms with van der Waals surface area (Å²) >= 11 is 5.70. The number of unbranched alkanes of at least 4 members (excludes halogenated alkanes) is 8. The number of hydrogen-bond donors (Lipinski definition) is 2. The fraction of sp³-hybridized carbons (Fsp3) is 0.636. The van der Waals surface area contributed by atoms with E-state index in [2.05, 4.69) is 51.2 Å². The van der Waals surface area contributed by atoms with Crippen LogP contribution in [0, 0.1) is 0 Å². The van der Waals surface area contributed by atoms with Gasteiger partial charge in [-0.05, 0) is 101 Å². The molecule has 0 unspecified atom stereocenters. The third-order valence-corrected chi connectivity index (χ3v) is 8.92. The lowest BCUT2D eigenvalue weighted by atomic mass is 10.1. The van der Waals surface area contributed by atoms with Gasteiger partial charge in [0.2, 0.25) is 0 Å². The second-order valence-corrected chi connectivity index (χ2v) is 13.5. The first-order chi connectivity index (χ1) is 26.7. The van der Waals surface area contributed by atoms with Crippen LogP contribution in [-0.4, -0.2) is 64.4 Å². The number of rotatable bonds is 28. The molecular weight excluding hydrogens is 755 g/mol. The predicted octanol–water partition coefficient (Wildman–Crippen LogP) is 5.95. The molecular formula is C44H71Cl2N2O8-. The van der Waals surface area contributed by atoms with Crippen LogP contribution in [0.4, 0.5) is 0 Å². The summed E-state index contributed by atoms with van der Waals surface area (Å²) in [7, 11) is 2.87. The number of methoxy groups -OCH3 is 2. The SMILES string of the molecule is CCOC(=O)CCCc1ccc(CCl)cc1.CCOC(=O)CCCc1ccc(CNCCCCCCCC(=O)OC)cc1.COC(=O)CCCCCCCN.[Cl-]. The highest BCUT2D eigenvalue weighted by atomic mass is 35.5. The average molecular weight is 827 g/mol. The number of benzene rings is 2. The number of esters is 4. The minimum absolute atomic E-state index is 0. The zero-order valence-corrected chi connectivity index (χ0v) is 36.2. The predicted molar refractivity (Wildman–Crippen MR) is 222 cm³/mol. The van der Waals surface area contributed by atoms with Gasteiger partial charge in [0, 0.05) is 38.1 Å². The lowest BCUT2D eigenvalue weighted by Gasteiger charge is -2.07. The molecule has 0 aliphatic carbocycles. The molecule has 0 fully saturated rings. The maximum absolute atomic E-state index is 11.3. The van der Waals surface area contributed by atoms with E-state index in [0.717, 1.165) is 89.4 Å². The molecule has 0 aromatic heterocycles. The van der Waals surface area contributed by atoms with Gasteiger partial charge in [-0.2, -0.15) is 0 Å². The first kappa shape index (κ1) is 54.9. The fourth-order valence-electron chi connectivity index (χ4n) is 5.39. The Hall–Kier alpha value is -3.18. The molecule has 0 amide bonds. The summed E-state index contributed by atoms with van der Waals surface area (Å²) < 4.78 is 18.9. The number of carbonyl (C=O) groups is 4.